The van der Waals surface area contributed by atoms with E-state index in [0.717, 1.165) is 21.8 Å². The Hall–Kier alpha value is -1.05. The van der Waals surface area contributed by atoms with Crippen molar-refractivity contribution in [2.24, 2.45) is 7.05 Å². The molecule has 1 aromatic heterocycles. The molecular weight excluding hydrogens is 354 g/mol. The minimum absolute atomic E-state index is 0.0529. The first-order chi connectivity index (χ1) is 8.97. The number of hydrogen-bond donors (Lipinski definition) is 1. The molecule has 1 aromatic carbocycles. The number of hydrogen-bond acceptors (Lipinski definition) is 4. The molecule has 0 bridgehead atoms. The van der Waals surface area contributed by atoms with Gasteiger partial charge >= 0.3 is 5.97 Å². The zero-order chi connectivity index (χ0) is 14.0. The fraction of sp³-hybridized carbons (Fsp3) is 0.182. The lowest BCUT2D eigenvalue weighted by Gasteiger charge is -1.99. The van der Waals surface area contributed by atoms with Crippen molar-refractivity contribution in [1.29, 1.82) is 0 Å². The molecular formula is C11H9BrClN3O2S. The average molecular weight is 363 g/mol. The van der Waals surface area contributed by atoms with Crippen molar-refractivity contribution >= 4 is 45.3 Å². The van der Waals surface area contributed by atoms with Crippen molar-refractivity contribution in [2.75, 3.05) is 5.75 Å². The molecule has 0 aliphatic heterocycles. The van der Waals surface area contributed by atoms with Crippen LogP contribution in [0.1, 0.15) is 0 Å². The summed E-state index contributed by atoms with van der Waals surface area (Å²) < 4.78 is 2.38. The van der Waals surface area contributed by atoms with Gasteiger partial charge in [0.25, 0.3) is 0 Å². The Morgan fingerprint density at radius 2 is 2.32 bits per heavy atom. The summed E-state index contributed by atoms with van der Waals surface area (Å²) in [6.07, 6.45) is 0. The quantitative estimate of drug-likeness (QED) is 0.847. The van der Waals surface area contributed by atoms with E-state index < -0.39 is 5.97 Å². The first-order valence-electron chi connectivity index (χ1n) is 5.18. The highest BCUT2D eigenvalue weighted by Crippen LogP contribution is 2.30. The second kappa shape index (κ2) is 5.94. The Labute approximate surface area is 127 Å². The average Bonchev–Trinajstić information content (AvgIpc) is 2.71. The van der Waals surface area contributed by atoms with E-state index in [1.807, 2.05) is 6.07 Å². The van der Waals surface area contributed by atoms with Crippen LogP contribution in [0.3, 0.4) is 0 Å². The highest BCUT2D eigenvalue weighted by Gasteiger charge is 2.13. The molecule has 0 aliphatic rings. The standard InChI is InChI=1S/C11H9BrClN3O2S/c1-16-11(19-5-9(17)18)14-10(15-16)7-4-6(13)2-3-8(7)12/h2-4H,5H2,1H3,(H,17,18). The summed E-state index contributed by atoms with van der Waals surface area (Å²) in [5.74, 6) is -0.439. The summed E-state index contributed by atoms with van der Waals surface area (Å²) in [4.78, 5) is 14.9. The van der Waals surface area contributed by atoms with E-state index in [0.29, 0.717) is 16.0 Å². The molecule has 0 saturated carbocycles. The van der Waals surface area contributed by atoms with Gasteiger partial charge in [-0.3, -0.25) is 4.79 Å². The van der Waals surface area contributed by atoms with Crippen molar-refractivity contribution < 1.29 is 9.90 Å². The molecule has 2 rings (SSSR count). The van der Waals surface area contributed by atoms with Crippen LogP contribution in [0, 0.1) is 0 Å². The first kappa shape index (κ1) is 14.4. The number of thioether (sulfide) groups is 1. The Balaban J connectivity index is 2.33. The van der Waals surface area contributed by atoms with Gasteiger partial charge in [0.1, 0.15) is 0 Å². The molecule has 0 atom stereocenters. The van der Waals surface area contributed by atoms with Crippen molar-refractivity contribution in [3.63, 3.8) is 0 Å². The molecule has 2 aromatic rings. The third-order valence-corrected chi connectivity index (χ3v) is 4.15. The van der Waals surface area contributed by atoms with Crippen LogP contribution in [-0.4, -0.2) is 31.6 Å². The molecule has 0 aliphatic carbocycles. The summed E-state index contributed by atoms with van der Waals surface area (Å²) in [7, 11) is 1.72. The first-order valence-corrected chi connectivity index (χ1v) is 7.34. The van der Waals surface area contributed by atoms with Gasteiger partial charge in [-0.15, -0.1) is 0 Å². The van der Waals surface area contributed by atoms with Gasteiger partial charge in [0.15, 0.2) is 11.0 Å². The van der Waals surface area contributed by atoms with Crippen LogP contribution in [0.2, 0.25) is 5.02 Å². The molecule has 19 heavy (non-hydrogen) atoms. The van der Waals surface area contributed by atoms with Gasteiger partial charge in [0.2, 0.25) is 0 Å². The van der Waals surface area contributed by atoms with Crippen LogP contribution in [-0.2, 0) is 11.8 Å². The maximum absolute atomic E-state index is 10.6. The molecule has 0 fully saturated rings. The second-order valence-electron chi connectivity index (χ2n) is 3.65. The summed E-state index contributed by atoms with van der Waals surface area (Å²) in [6, 6.07) is 5.34. The van der Waals surface area contributed by atoms with E-state index in [2.05, 4.69) is 26.0 Å². The van der Waals surface area contributed by atoms with E-state index in [1.165, 1.54) is 0 Å². The molecule has 0 unspecified atom stereocenters. The topological polar surface area (TPSA) is 68.0 Å². The van der Waals surface area contributed by atoms with E-state index >= 15 is 0 Å². The number of rotatable bonds is 4. The normalized spacial score (nSPS) is 10.7. The number of aryl methyl sites for hydroxylation is 1. The Morgan fingerprint density at radius 3 is 3.00 bits per heavy atom. The third-order valence-electron chi connectivity index (χ3n) is 2.22. The Bertz CT molecular complexity index is 632. The van der Waals surface area contributed by atoms with Gasteiger partial charge in [-0.25, -0.2) is 9.67 Å². The molecule has 1 N–H and O–H groups in total. The van der Waals surface area contributed by atoms with Crippen LogP contribution >= 0.6 is 39.3 Å². The Morgan fingerprint density at radius 1 is 1.58 bits per heavy atom. The van der Waals surface area contributed by atoms with Crippen LogP contribution in [0.15, 0.2) is 27.8 Å². The number of nitrogens with zero attached hydrogens (tertiary/aromatic N) is 3. The monoisotopic (exact) mass is 361 g/mol. The van der Waals surface area contributed by atoms with E-state index in [9.17, 15) is 4.79 Å². The Kier molecular flexibility index (Phi) is 4.49. The van der Waals surface area contributed by atoms with Crippen LogP contribution in [0.25, 0.3) is 11.4 Å². The van der Waals surface area contributed by atoms with E-state index in [1.54, 1.807) is 23.9 Å². The summed E-state index contributed by atoms with van der Waals surface area (Å²) in [5.41, 5.74) is 0.769. The van der Waals surface area contributed by atoms with Crippen LogP contribution in [0.5, 0.6) is 0 Å². The lowest BCUT2D eigenvalue weighted by Crippen LogP contribution is -2.00. The van der Waals surface area contributed by atoms with Crippen LogP contribution in [0.4, 0.5) is 0 Å². The van der Waals surface area contributed by atoms with Gasteiger partial charge < -0.3 is 5.11 Å². The number of aromatic nitrogens is 3. The molecule has 8 heteroatoms. The molecule has 0 spiro atoms. The van der Waals surface area contributed by atoms with Gasteiger partial charge in [0, 0.05) is 22.1 Å². The van der Waals surface area contributed by atoms with Gasteiger partial charge in [-0.1, -0.05) is 39.3 Å². The minimum Gasteiger partial charge on any atom is -0.481 e. The van der Waals surface area contributed by atoms with E-state index in [-0.39, 0.29) is 5.75 Å². The summed E-state index contributed by atoms with van der Waals surface area (Å²) >= 11 is 10.5. The van der Waals surface area contributed by atoms with Crippen molar-refractivity contribution in [3.8, 4) is 11.4 Å². The molecule has 5 nitrogen and oxygen atoms in total. The lowest BCUT2D eigenvalue weighted by molar-refractivity contribution is -0.133. The molecule has 1 heterocycles. The SMILES string of the molecule is Cn1nc(-c2cc(Cl)ccc2Br)nc1SCC(=O)O. The predicted octanol–water partition coefficient (Wildman–Crippen LogP) is 3.07. The highest BCUT2D eigenvalue weighted by molar-refractivity contribution is 9.10. The number of carbonyl (C=O) groups is 1. The molecule has 0 saturated heterocycles. The van der Waals surface area contributed by atoms with Gasteiger partial charge in [-0.2, -0.15) is 5.10 Å². The molecule has 0 radical (unpaired) electrons. The number of halogens is 2. The zero-order valence-electron chi connectivity index (χ0n) is 9.80. The van der Waals surface area contributed by atoms with Gasteiger partial charge in [-0.05, 0) is 18.2 Å². The lowest BCUT2D eigenvalue weighted by atomic mass is 10.2. The number of benzene rings is 1. The molecule has 0 amide bonds. The van der Waals surface area contributed by atoms with E-state index in [4.69, 9.17) is 16.7 Å². The summed E-state index contributed by atoms with van der Waals surface area (Å²) in [5, 5.41) is 14.1. The maximum Gasteiger partial charge on any atom is 0.313 e. The summed E-state index contributed by atoms with van der Waals surface area (Å²) in [6.45, 7) is 0. The fourth-order valence-electron chi connectivity index (χ4n) is 1.41. The number of carboxylic acid groups (broad SMARTS) is 1. The smallest absolute Gasteiger partial charge is 0.313 e. The third kappa shape index (κ3) is 3.49. The maximum atomic E-state index is 10.6. The van der Waals surface area contributed by atoms with Crippen LogP contribution < -0.4 is 0 Å². The predicted molar refractivity (Wildman–Crippen MR) is 77.5 cm³/mol. The highest BCUT2D eigenvalue weighted by atomic mass is 79.9. The number of aliphatic carboxylic acids is 1. The largest absolute Gasteiger partial charge is 0.481 e. The number of carboxylic acids is 1. The second-order valence-corrected chi connectivity index (χ2v) is 5.88. The van der Waals surface area contributed by atoms with Crippen molar-refractivity contribution in [3.05, 3.63) is 27.7 Å². The zero-order valence-corrected chi connectivity index (χ0v) is 13.0. The van der Waals surface area contributed by atoms with Crippen molar-refractivity contribution in [2.45, 2.75) is 5.16 Å². The molecule has 100 valence electrons. The minimum atomic E-state index is -0.890. The van der Waals surface area contributed by atoms with Gasteiger partial charge in [0.05, 0.1) is 5.75 Å². The van der Waals surface area contributed by atoms with Crippen molar-refractivity contribution in [1.82, 2.24) is 14.8 Å². The fourth-order valence-corrected chi connectivity index (χ4v) is 2.63.